The molecule has 0 saturated carbocycles. The van der Waals surface area contributed by atoms with Gasteiger partial charge in [-0.05, 0) is 36.8 Å². The maximum Gasteiger partial charge on any atom is 0.0378 e. The Morgan fingerprint density at radius 2 is 2.12 bits per heavy atom. The zero-order valence-corrected chi connectivity index (χ0v) is 10.7. The first-order chi connectivity index (χ1) is 8.33. The summed E-state index contributed by atoms with van der Waals surface area (Å²) in [4.78, 5) is 0. The Morgan fingerprint density at radius 1 is 1.29 bits per heavy atom. The number of hydrogen-bond donors (Lipinski definition) is 1. The van der Waals surface area contributed by atoms with Crippen molar-refractivity contribution in [3.05, 3.63) is 59.9 Å². The summed E-state index contributed by atoms with van der Waals surface area (Å²) in [5.41, 5.74) is 2.74. The Hall–Kier alpha value is -1.50. The molecule has 1 N–H and O–H groups in total. The first-order valence-electron chi connectivity index (χ1n) is 6.43. The fourth-order valence-electron chi connectivity index (χ4n) is 2.53. The van der Waals surface area contributed by atoms with Crippen LogP contribution in [-0.4, -0.2) is 6.54 Å². The first-order valence-corrected chi connectivity index (χ1v) is 6.43. The predicted octanol–water partition coefficient (Wildman–Crippen LogP) is 3.74. The van der Waals surface area contributed by atoms with Crippen LogP contribution in [0.15, 0.2) is 59.9 Å². The Labute approximate surface area is 104 Å². The van der Waals surface area contributed by atoms with Crippen molar-refractivity contribution in [2.75, 3.05) is 6.54 Å². The number of hydrogen-bond acceptors (Lipinski definition) is 1. The molecule has 0 fully saturated rings. The minimum absolute atomic E-state index is 0.588. The highest BCUT2D eigenvalue weighted by Crippen LogP contribution is 2.32. The molecule has 0 aromatic carbocycles. The Bertz CT molecular complexity index is 407. The van der Waals surface area contributed by atoms with Gasteiger partial charge in [0.05, 0.1) is 0 Å². The van der Waals surface area contributed by atoms with Gasteiger partial charge in [-0.25, -0.2) is 0 Å². The van der Waals surface area contributed by atoms with Gasteiger partial charge in [-0.1, -0.05) is 49.5 Å². The van der Waals surface area contributed by atoms with Gasteiger partial charge >= 0.3 is 0 Å². The van der Waals surface area contributed by atoms with Crippen LogP contribution in [0.4, 0.5) is 0 Å². The van der Waals surface area contributed by atoms with Crippen LogP contribution in [0, 0.1) is 11.8 Å². The van der Waals surface area contributed by atoms with E-state index in [1.54, 1.807) is 0 Å². The maximum absolute atomic E-state index is 3.46. The molecule has 2 unspecified atom stereocenters. The molecule has 1 heterocycles. The van der Waals surface area contributed by atoms with E-state index < -0.39 is 0 Å². The summed E-state index contributed by atoms with van der Waals surface area (Å²) in [7, 11) is 0. The molecule has 2 atom stereocenters. The van der Waals surface area contributed by atoms with Gasteiger partial charge in [-0.2, -0.15) is 0 Å². The number of dihydropyridines is 1. The Kier molecular flexibility index (Phi) is 4.03. The van der Waals surface area contributed by atoms with E-state index in [9.17, 15) is 0 Å². The van der Waals surface area contributed by atoms with Crippen LogP contribution in [0.5, 0.6) is 0 Å². The average molecular weight is 227 g/mol. The molecule has 17 heavy (non-hydrogen) atoms. The van der Waals surface area contributed by atoms with E-state index in [4.69, 9.17) is 0 Å². The molecule has 1 aliphatic carbocycles. The van der Waals surface area contributed by atoms with E-state index >= 15 is 0 Å². The van der Waals surface area contributed by atoms with Crippen molar-refractivity contribution in [1.82, 2.24) is 5.32 Å². The molecule has 90 valence electrons. The summed E-state index contributed by atoms with van der Waals surface area (Å²) in [6.07, 6.45) is 18.8. The minimum Gasteiger partial charge on any atom is -0.381 e. The highest BCUT2D eigenvalue weighted by Gasteiger charge is 2.22. The largest absolute Gasteiger partial charge is 0.381 e. The molecular weight excluding hydrogens is 206 g/mol. The van der Waals surface area contributed by atoms with E-state index in [0.717, 1.165) is 13.0 Å². The summed E-state index contributed by atoms with van der Waals surface area (Å²) < 4.78 is 0. The number of nitrogens with one attached hydrogen (secondary N) is 1. The molecular formula is C16H21N. The van der Waals surface area contributed by atoms with Crippen LogP contribution in [0.25, 0.3) is 0 Å². The van der Waals surface area contributed by atoms with Crippen LogP contribution >= 0.6 is 0 Å². The molecule has 0 amide bonds. The molecule has 0 spiro atoms. The van der Waals surface area contributed by atoms with Crippen molar-refractivity contribution >= 4 is 0 Å². The van der Waals surface area contributed by atoms with Gasteiger partial charge in [0.25, 0.3) is 0 Å². The third-order valence-electron chi connectivity index (χ3n) is 3.45. The van der Waals surface area contributed by atoms with Crippen molar-refractivity contribution in [2.45, 2.75) is 20.3 Å². The zero-order valence-electron chi connectivity index (χ0n) is 10.7. The maximum atomic E-state index is 3.46. The SMILES string of the molecule is CC=CC(C)C1CC=CC=C1C1=CC=CCN1. The Balaban J connectivity index is 2.22. The number of allylic oxidation sites excluding steroid dienone is 8. The predicted molar refractivity (Wildman–Crippen MR) is 74.5 cm³/mol. The van der Waals surface area contributed by atoms with Crippen LogP contribution in [0.1, 0.15) is 20.3 Å². The zero-order chi connectivity index (χ0) is 12.1. The smallest absolute Gasteiger partial charge is 0.0378 e. The van der Waals surface area contributed by atoms with Gasteiger partial charge in [0, 0.05) is 12.2 Å². The van der Waals surface area contributed by atoms with Crippen LogP contribution in [-0.2, 0) is 0 Å². The average Bonchev–Trinajstić information content (AvgIpc) is 2.40. The van der Waals surface area contributed by atoms with Crippen LogP contribution in [0.2, 0.25) is 0 Å². The molecule has 0 radical (unpaired) electrons. The highest BCUT2D eigenvalue weighted by molar-refractivity contribution is 5.41. The van der Waals surface area contributed by atoms with Gasteiger partial charge in [-0.3, -0.25) is 0 Å². The van der Waals surface area contributed by atoms with Crippen molar-refractivity contribution in [1.29, 1.82) is 0 Å². The van der Waals surface area contributed by atoms with E-state index in [-0.39, 0.29) is 0 Å². The van der Waals surface area contributed by atoms with Gasteiger partial charge in [0.1, 0.15) is 0 Å². The summed E-state index contributed by atoms with van der Waals surface area (Å²) in [5, 5.41) is 3.46. The van der Waals surface area contributed by atoms with Crippen LogP contribution in [0.3, 0.4) is 0 Å². The van der Waals surface area contributed by atoms with Crippen molar-refractivity contribution in [3.63, 3.8) is 0 Å². The second kappa shape index (κ2) is 5.72. The van der Waals surface area contributed by atoms with Crippen molar-refractivity contribution in [2.24, 2.45) is 11.8 Å². The molecule has 2 aliphatic rings. The third-order valence-corrected chi connectivity index (χ3v) is 3.45. The highest BCUT2D eigenvalue weighted by atomic mass is 14.9. The monoisotopic (exact) mass is 227 g/mol. The molecule has 1 heteroatoms. The fourth-order valence-corrected chi connectivity index (χ4v) is 2.53. The van der Waals surface area contributed by atoms with E-state index in [0.29, 0.717) is 11.8 Å². The fraction of sp³-hybridized carbons (Fsp3) is 0.375. The lowest BCUT2D eigenvalue weighted by Crippen LogP contribution is -2.24. The van der Waals surface area contributed by atoms with E-state index in [2.05, 4.69) is 67.8 Å². The molecule has 0 bridgehead atoms. The standard InChI is InChI=1S/C16H21N/c1-3-8-13(2)14-9-4-5-10-15(14)16-11-6-7-12-17-16/h3-8,10-11,13-14,17H,9,12H2,1-2H3. The molecule has 0 saturated heterocycles. The molecule has 0 aromatic rings. The van der Waals surface area contributed by atoms with E-state index in [1.165, 1.54) is 11.3 Å². The Morgan fingerprint density at radius 3 is 2.82 bits per heavy atom. The summed E-state index contributed by atoms with van der Waals surface area (Å²) in [5.74, 6) is 1.19. The summed E-state index contributed by atoms with van der Waals surface area (Å²) >= 11 is 0. The van der Waals surface area contributed by atoms with Crippen LogP contribution < -0.4 is 5.32 Å². The second-order valence-corrected chi connectivity index (χ2v) is 4.67. The lowest BCUT2D eigenvalue weighted by molar-refractivity contribution is 0.485. The quantitative estimate of drug-likeness (QED) is 0.724. The van der Waals surface area contributed by atoms with E-state index in [1.807, 2.05) is 0 Å². The molecule has 1 nitrogen and oxygen atoms in total. The van der Waals surface area contributed by atoms with Gasteiger partial charge in [0.15, 0.2) is 0 Å². The summed E-state index contributed by atoms with van der Waals surface area (Å²) in [6, 6.07) is 0. The van der Waals surface area contributed by atoms with Crippen molar-refractivity contribution in [3.8, 4) is 0 Å². The minimum atomic E-state index is 0.588. The second-order valence-electron chi connectivity index (χ2n) is 4.67. The first kappa shape index (κ1) is 12.0. The third kappa shape index (κ3) is 2.79. The molecule has 0 aromatic heterocycles. The lowest BCUT2D eigenvalue weighted by Gasteiger charge is -2.28. The molecule has 2 rings (SSSR count). The van der Waals surface area contributed by atoms with Crippen molar-refractivity contribution < 1.29 is 0 Å². The lowest BCUT2D eigenvalue weighted by atomic mass is 9.80. The van der Waals surface area contributed by atoms with Gasteiger partial charge < -0.3 is 5.32 Å². The normalized spacial score (nSPS) is 25.4. The topological polar surface area (TPSA) is 12.0 Å². The molecule has 1 aliphatic heterocycles. The summed E-state index contributed by atoms with van der Waals surface area (Å²) in [6.45, 7) is 5.34. The number of rotatable bonds is 3. The van der Waals surface area contributed by atoms with Gasteiger partial charge in [0.2, 0.25) is 0 Å². The van der Waals surface area contributed by atoms with Gasteiger partial charge in [-0.15, -0.1) is 0 Å².